The molecule has 16 heavy (non-hydrogen) atoms. The molecule has 0 bridgehead atoms. The minimum absolute atomic E-state index is 0.0935. The van der Waals surface area contributed by atoms with Crippen LogP contribution >= 0.6 is 11.6 Å². The molecule has 0 aliphatic rings. The van der Waals surface area contributed by atoms with E-state index in [-0.39, 0.29) is 16.3 Å². The number of hydrogen-bond donors (Lipinski definition) is 1. The first-order chi connectivity index (χ1) is 7.30. The molecule has 0 saturated heterocycles. The molecular formula is C10H13ClN4O. The molecule has 0 saturated carbocycles. The van der Waals surface area contributed by atoms with E-state index in [4.69, 9.17) is 11.6 Å². The van der Waals surface area contributed by atoms with Crippen molar-refractivity contribution in [1.82, 2.24) is 19.7 Å². The zero-order valence-electron chi connectivity index (χ0n) is 9.63. The third-order valence-electron chi connectivity index (χ3n) is 2.37. The zero-order valence-corrected chi connectivity index (χ0v) is 10.4. The van der Waals surface area contributed by atoms with Crippen LogP contribution in [0.2, 0.25) is 5.28 Å². The lowest BCUT2D eigenvalue weighted by atomic mass is 9.91. The second-order valence-electron chi connectivity index (χ2n) is 4.78. The van der Waals surface area contributed by atoms with Gasteiger partial charge < -0.3 is 0 Å². The Balaban J connectivity index is 2.95. The summed E-state index contributed by atoms with van der Waals surface area (Å²) in [4.78, 5) is 18.2. The Morgan fingerprint density at radius 3 is 2.50 bits per heavy atom. The van der Waals surface area contributed by atoms with E-state index < -0.39 is 0 Å². The van der Waals surface area contributed by atoms with Gasteiger partial charge in [0.2, 0.25) is 5.28 Å². The fraction of sp³-hybridized carbons (Fsp3) is 0.500. The number of nitrogens with zero attached hydrogens (tertiary/aromatic N) is 3. The normalized spacial score (nSPS) is 12.3. The van der Waals surface area contributed by atoms with Gasteiger partial charge in [0, 0.05) is 12.5 Å². The highest BCUT2D eigenvalue weighted by Gasteiger charge is 2.24. The lowest BCUT2D eigenvalue weighted by Crippen LogP contribution is -2.17. The fourth-order valence-electron chi connectivity index (χ4n) is 1.89. The number of aryl methyl sites for hydroxylation is 1. The molecule has 6 heteroatoms. The van der Waals surface area contributed by atoms with Crippen molar-refractivity contribution in [3.05, 3.63) is 21.3 Å². The summed E-state index contributed by atoms with van der Waals surface area (Å²) in [6.07, 6.45) is 0. The summed E-state index contributed by atoms with van der Waals surface area (Å²) in [6.45, 7) is 6.13. The third-order valence-corrected chi connectivity index (χ3v) is 2.55. The Hall–Kier alpha value is -1.36. The minimum Gasteiger partial charge on any atom is -0.295 e. The average molecular weight is 241 g/mol. The molecule has 0 aliphatic carbocycles. The van der Waals surface area contributed by atoms with Crippen molar-refractivity contribution >= 4 is 22.6 Å². The van der Waals surface area contributed by atoms with Crippen LogP contribution in [0.4, 0.5) is 0 Å². The van der Waals surface area contributed by atoms with Gasteiger partial charge in [-0.15, -0.1) is 0 Å². The Morgan fingerprint density at radius 2 is 1.94 bits per heavy atom. The number of H-pyrrole nitrogens is 1. The molecule has 0 fully saturated rings. The Morgan fingerprint density at radius 1 is 1.31 bits per heavy atom. The minimum atomic E-state index is -0.305. The molecule has 0 unspecified atom stereocenters. The summed E-state index contributed by atoms with van der Waals surface area (Å²) in [5, 5.41) is 4.27. The van der Waals surface area contributed by atoms with Crippen LogP contribution < -0.4 is 5.56 Å². The highest BCUT2D eigenvalue weighted by atomic mass is 35.5. The summed E-state index contributed by atoms with van der Waals surface area (Å²) in [6, 6.07) is 0. The Kier molecular flexibility index (Phi) is 2.31. The molecule has 2 heterocycles. The molecule has 0 aliphatic heterocycles. The Bertz CT molecular complexity index is 606. The van der Waals surface area contributed by atoms with E-state index in [0.717, 1.165) is 5.69 Å². The number of halogens is 1. The van der Waals surface area contributed by atoms with Crippen molar-refractivity contribution in [2.45, 2.75) is 26.2 Å². The van der Waals surface area contributed by atoms with Gasteiger partial charge in [0.25, 0.3) is 5.56 Å². The van der Waals surface area contributed by atoms with Gasteiger partial charge >= 0.3 is 0 Å². The van der Waals surface area contributed by atoms with E-state index in [0.29, 0.717) is 11.0 Å². The van der Waals surface area contributed by atoms with E-state index >= 15 is 0 Å². The molecular weight excluding hydrogens is 228 g/mol. The van der Waals surface area contributed by atoms with Crippen LogP contribution in [0.3, 0.4) is 0 Å². The first kappa shape index (κ1) is 11.1. The van der Waals surface area contributed by atoms with Crippen LogP contribution in [-0.4, -0.2) is 19.7 Å². The predicted octanol–water partition coefficient (Wildman–Crippen LogP) is 1.61. The highest BCUT2D eigenvalue weighted by molar-refractivity contribution is 6.28. The van der Waals surface area contributed by atoms with Gasteiger partial charge in [-0.2, -0.15) is 5.10 Å². The molecule has 0 aromatic carbocycles. The topological polar surface area (TPSA) is 63.6 Å². The van der Waals surface area contributed by atoms with Gasteiger partial charge in [-0.3, -0.25) is 14.5 Å². The molecule has 2 aromatic heterocycles. The lowest BCUT2D eigenvalue weighted by Gasteiger charge is -2.18. The maximum Gasteiger partial charge on any atom is 0.280 e. The Labute approximate surface area is 97.4 Å². The van der Waals surface area contributed by atoms with Crippen LogP contribution in [0.1, 0.15) is 26.5 Å². The van der Waals surface area contributed by atoms with Crippen molar-refractivity contribution in [3.63, 3.8) is 0 Å². The fourth-order valence-corrected chi connectivity index (χ4v) is 2.06. The molecule has 86 valence electrons. The summed E-state index contributed by atoms with van der Waals surface area (Å²) < 4.78 is 1.68. The predicted molar refractivity (Wildman–Crippen MR) is 62.8 cm³/mol. The number of aromatic nitrogens is 4. The number of hydrogen-bond acceptors (Lipinski definition) is 3. The second kappa shape index (κ2) is 3.31. The van der Waals surface area contributed by atoms with Crippen molar-refractivity contribution < 1.29 is 0 Å². The average Bonchev–Trinajstić information content (AvgIpc) is 2.40. The summed E-state index contributed by atoms with van der Waals surface area (Å²) in [5.41, 5.74) is 1.35. The number of nitrogens with one attached hydrogen (secondary N) is 1. The molecule has 2 rings (SSSR count). The standard InChI is InChI=1S/C10H13ClN4O/c1-10(2,3)7-5-6(14-15(7)4)8(16)13-9(11)12-5/h1-4H3,(H,12,13,16). The first-order valence-electron chi connectivity index (χ1n) is 4.93. The van der Waals surface area contributed by atoms with Crippen molar-refractivity contribution in [3.8, 4) is 0 Å². The van der Waals surface area contributed by atoms with Crippen molar-refractivity contribution in [2.24, 2.45) is 7.05 Å². The van der Waals surface area contributed by atoms with E-state index in [9.17, 15) is 4.79 Å². The first-order valence-corrected chi connectivity index (χ1v) is 5.31. The SMILES string of the molecule is Cn1nc2c(=O)[nH]c(Cl)nc2c1C(C)(C)C. The van der Waals surface area contributed by atoms with Crippen LogP contribution in [0, 0.1) is 0 Å². The zero-order chi connectivity index (χ0) is 12.1. The quantitative estimate of drug-likeness (QED) is 0.712. The van der Waals surface area contributed by atoms with Gasteiger partial charge in [0.1, 0.15) is 5.52 Å². The van der Waals surface area contributed by atoms with Crippen LogP contribution in [-0.2, 0) is 12.5 Å². The van der Waals surface area contributed by atoms with Gasteiger partial charge in [0.05, 0.1) is 5.69 Å². The maximum absolute atomic E-state index is 11.6. The number of rotatable bonds is 0. The summed E-state index contributed by atoms with van der Waals surface area (Å²) >= 11 is 5.75. The van der Waals surface area contributed by atoms with Gasteiger partial charge in [-0.1, -0.05) is 20.8 Å². The number of fused-ring (bicyclic) bond motifs is 1. The lowest BCUT2D eigenvalue weighted by molar-refractivity contribution is 0.527. The molecule has 5 nitrogen and oxygen atoms in total. The van der Waals surface area contributed by atoms with E-state index in [2.05, 4.69) is 15.1 Å². The largest absolute Gasteiger partial charge is 0.295 e. The maximum atomic E-state index is 11.6. The highest BCUT2D eigenvalue weighted by Crippen LogP contribution is 2.27. The van der Waals surface area contributed by atoms with Crippen molar-refractivity contribution in [1.29, 1.82) is 0 Å². The van der Waals surface area contributed by atoms with Crippen LogP contribution in [0.5, 0.6) is 0 Å². The van der Waals surface area contributed by atoms with E-state index in [1.165, 1.54) is 0 Å². The summed E-state index contributed by atoms with van der Waals surface area (Å²) in [5.74, 6) is 0. The molecule has 0 radical (unpaired) electrons. The van der Waals surface area contributed by atoms with E-state index in [1.807, 2.05) is 20.8 Å². The molecule has 2 aromatic rings. The van der Waals surface area contributed by atoms with Crippen molar-refractivity contribution in [2.75, 3.05) is 0 Å². The molecule has 0 atom stereocenters. The van der Waals surface area contributed by atoms with Crippen LogP contribution in [0.25, 0.3) is 11.0 Å². The van der Waals surface area contributed by atoms with Gasteiger partial charge in [0.15, 0.2) is 5.52 Å². The molecule has 0 amide bonds. The van der Waals surface area contributed by atoms with Crippen LogP contribution in [0.15, 0.2) is 4.79 Å². The van der Waals surface area contributed by atoms with Gasteiger partial charge in [-0.25, -0.2) is 4.98 Å². The second-order valence-corrected chi connectivity index (χ2v) is 5.13. The molecule has 1 N–H and O–H groups in total. The summed E-state index contributed by atoms with van der Waals surface area (Å²) in [7, 11) is 1.80. The third kappa shape index (κ3) is 1.61. The smallest absolute Gasteiger partial charge is 0.280 e. The van der Waals surface area contributed by atoms with Gasteiger partial charge in [-0.05, 0) is 11.6 Å². The number of aromatic amines is 1. The molecule has 0 spiro atoms. The van der Waals surface area contributed by atoms with E-state index in [1.54, 1.807) is 11.7 Å². The monoisotopic (exact) mass is 240 g/mol.